The zero-order valence-electron chi connectivity index (χ0n) is 18.2. The average molecular weight is 442 g/mol. The fraction of sp³-hybridized carbons (Fsp3) is 0.417. The largest absolute Gasteiger partial charge is 0.492 e. The van der Waals surface area contributed by atoms with Crippen molar-refractivity contribution in [2.75, 3.05) is 51.5 Å². The minimum Gasteiger partial charge on any atom is -0.492 e. The molecular formula is C24H28FN3O4. The molecule has 0 aromatic heterocycles. The van der Waals surface area contributed by atoms with Gasteiger partial charge in [-0.05, 0) is 49.2 Å². The normalized spacial score (nSPS) is 18.2. The van der Waals surface area contributed by atoms with Gasteiger partial charge in [0.1, 0.15) is 30.3 Å². The third kappa shape index (κ3) is 4.55. The molecule has 0 saturated carbocycles. The molecule has 0 unspecified atom stereocenters. The van der Waals surface area contributed by atoms with Crippen LogP contribution in [-0.4, -0.2) is 73.8 Å². The number of likely N-dealkylation sites (tertiary alicyclic amines) is 1. The highest BCUT2D eigenvalue weighted by atomic mass is 19.1. The Hall–Kier alpha value is -3.13. The first-order valence-electron chi connectivity index (χ1n) is 10.8. The minimum absolute atomic E-state index is 0.0195. The van der Waals surface area contributed by atoms with E-state index >= 15 is 0 Å². The van der Waals surface area contributed by atoms with Gasteiger partial charge in [-0.15, -0.1) is 0 Å². The molecule has 1 amide bonds. The molecule has 2 aliphatic heterocycles. The molecule has 0 aliphatic carbocycles. The number of carbonyl (C=O) groups excluding carboxylic acids is 2. The molecule has 1 spiro atoms. The zero-order chi connectivity index (χ0) is 22.6. The third-order valence-electron chi connectivity index (χ3n) is 6.30. The highest BCUT2D eigenvalue weighted by Gasteiger charge is 2.53. The minimum atomic E-state index is -0.663. The van der Waals surface area contributed by atoms with Crippen LogP contribution < -0.4 is 9.64 Å². The number of anilines is 1. The lowest BCUT2D eigenvalue weighted by atomic mass is 9.85. The number of rotatable bonds is 7. The molecule has 2 heterocycles. The molecule has 0 N–H and O–H groups in total. The number of para-hydroxylation sites is 1. The van der Waals surface area contributed by atoms with Gasteiger partial charge in [0.2, 0.25) is 0 Å². The Kier molecular flexibility index (Phi) is 6.60. The highest BCUT2D eigenvalue weighted by molar-refractivity contribution is 5.95. The Labute approximate surface area is 187 Å². The van der Waals surface area contributed by atoms with Crippen molar-refractivity contribution in [2.45, 2.75) is 18.4 Å². The van der Waals surface area contributed by atoms with Gasteiger partial charge in [0.15, 0.2) is 0 Å². The van der Waals surface area contributed by atoms with Crippen molar-refractivity contribution in [3.8, 4) is 5.75 Å². The zero-order valence-corrected chi connectivity index (χ0v) is 18.2. The van der Waals surface area contributed by atoms with Crippen LogP contribution >= 0.6 is 0 Å². The summed E-state index contributed by atoms with van der Waals surface area (Å²) in [6.45, 7) is 3.02. The number of hydrogen-bond acceptors (Lipinski definition) is 6. The van der Waals surface area contributed by atoms with Crippen molar-refractivity contribution >= 4 is 17.6 Å². The number of benzene rings is 2. The van der Waals surface area contributed by atoms with Crippen molar-refractivity contribution < 1.29 is 23.5 Å². The number of ether oxygens (including phenoxy) is 2. The van der Waals surface area contributed by atoms with Crippen LogP contribution in [0.4, 0.5) is 10.1 Å². The van der Waals surface area contributed by atoms with E-state index in [9.17, 15) is 14.0 Å². The summed E-state index contributed by atoms with van der Waals surface area (Å²) < 4.78 is 23.5. The van der Waals surface area contributed by atoms with E-state index in [1.165, 1.54) is 19.2 Å². The molecule has 7 nitrogen and oxygen atoms in total. The molecule has 0 radical (unpaired) electrons. The van der Waals surface area contributed by atoms with Gasteiger partial charge in [0.25, 0.3) is 5.91 Å². The van der Waals surface area contributed by atoms with Gasteiger partial charge >= 0.3 is 5.97 Å². The molecule has 0 bridgehead atoms. The molecule has 2 aliphatic rings. The summed E-state index contributed by atoms with van der Waals surface area (Å²) in [4.78, 5) is 31.3. The van der Waals surface area contributed by atoms with E-state index in [-0.39, 0.29) is 18.3 Å². The number of methoxy groups -OCH3 is 1. The van der Waals surface area contributed by atoms with Crippen molar-refractivity contribution in [1.29, 1.82) is 0 Å². The van der Waals surface area contributed by atoms with Gasteiger partial charge in [0, 0.05) is 25.3 Å². The molecule has 2 aromatic carbocycles. The average Bonchev–Trinajstić information content (AvgIpc) is 3.08. The number of amides is 1. The Morgan fingerprint density at radius 2 is 1.75 bits per heavy atom. The molecule has 170 valence electrons. The van der Waals surface area contributed by atoms with E-state index in [0.29, 0.717) is 31.9 Å². The maximum absolute atomic E-state index is 13.5. The summed E-state index contributed by atoms with van der Waals surface area (Å²) in [6, 6.07) is 15.9. The van der Waals surface area contributed by atoms with Crippen LogP contribution in [0.3, 0.4) is 0 Å². The summed E-state index contributed by atoms with van der Waals surface area (Å²) in [7, 11) is 1.33. The predicted octanol–water partition coefficient (Wildman–Crippen LogP) is 2.52. The number of halogens is 1. The fourth-order valence-corrected chi connectivity index (χ4v) is 4.51. The van der Waals surface area contributed by atoms with E-state index in [4.69, 9.17) is 9.47 Å². The van der Waals surface area contributed by atoms with Gasteiger partial charge in [0.05, 0.1) is 13.8 Å². The van der Waals surface area contributed by atoms with Gasteiger partial charge in [-0.25, -0.2) is 4.39 Å². The van der Waals surface area contributed by atoms with Crippen molar-refractivity contribution in [1.82, 2.24) is 9.80 Å². The first kappa shape index (κ1) is 22.1. The predicted molar refractivity (Wildman–Crippen MR) is 118 cm³/mol. The topological polar surface area (TPSA) is 62.3 Å². The molecule has 2 aromatic rings. The summed E-state index contributed by atoms with van der Waals surface area (Å²) in [5.74, 6) is -0.0866. The van der Waals surface area contributed by atoms with Crippen molar-refractivity contribution in [3.63, 3.8) is 0 Å². The van der Waals surface area contributed by atoms with Gasteiger partial charge in [-0.3, -0.25) is 14.5 Å². The lowest BCUT2D eigenvalue weighted by Crippen LogP contribution is -2.57. The molecule has 2 fully saturated rings. The lowest BCUT2D eigenvalue weighted by molar-refractivity contribution is -0.146. The van der Waals surface area contributed by atoms with E-state index in [0.717, 1.165) is 25.3 Å². The van der Waals surface area contributed by atoms with E-state index in [2.05, 4.69) is 9.80 Å². The SMILES string of the molecule is COC(=O)CN1CN(c2ccccc2)C2(CCN(CCOc3ccc(F)cc3)CC2)C1=O. The summed E-state index contributed by atoms with van der Waals surface area (Å²) in [5, 5.41) is 0. The molecular weight excluding hydrogens is 413 g/mol. The third-order valence-corrected chi connectivity index (χ3v) is 6.30. The number of piperidine rings is 1. The van der Waals surface area contributed by atoms with Crippen molar-refractivity contribution in [2.24, 2.45) is 0 Å². The summed E-state index contributed by atoms with van der Waals surface area (Å²) in [5.41, 5.74) is 0.310. The Morgan fingerprint density at radius 1 is 1.06 bits per heavy atom. The second kappa shape index (κ2) is 9.56. The number of hydrogen-bond donors (Lipinski definition) is 0. The molecule has 4 rings (SSSR count). The van der Waals surface area contributed by atoms with Crippen molar-refractivity contribution in [3.05, 3.63) is 60.4 Å². The Balaban J connectivity index is 1.41. The first-order valence-corrected chi connectivity index (χ1v) is 10.8. The van der Waals surface area contributed by atoms with Crippen LogP contribution in [0.1, 0.15) is 12.8 Å². The standard InChI is InChI=1S/C24H28FN3O4/c1-31-22(29)17-27-18-28(20-5-3-2-4-6-20)24(23(27)30)11-13-26(14-12-24)15-16-32-21-9-7-19(25)8-10-21/h2-10H,11-18H2,1H3. The van der Waals surface area contributed by atoms with Gasteiger partial charge < -0.3 is 19.3 Å². The maximum atomic E-state index is 13.5. The van der Waals surface area contributed by atoms with Crippen LogP contribution in [0.15, 0.2) is 54.6 Å². The molecule has 2 saturated heterocycles. The maximum Gasteiger partial charge on any atom is 0.325 e. The Morgan fingerprint density at radius 3 is 2.41 bits per heavy atom. The van der Waals surface area contributed by atoms with Crippen LogP contribution in [-0.2, 0) is 14.3 Å². The first-order chi connectivity index (χ1) is 15.5. The number of carbonyl (C=O) groups is 2. The lowest BCUT2D eigenvalue weighted by Gasteiger charge is -2.43. The van der Waals surface area contributed by atoms with E-state index in [1.54, 1.807) is 17.0 Å². The summed E-state index contributed by atoms with van der Waals surface area (Å²) in [6.07, 6.45) is 1.32. The molecule has 8 heteroatoms. The molecule has 0 atom stereocenters. The smallest absolute Gasteiger partial charge is 0.325 e. The van der Waals surface area contributed by atoms with Gasteiger partial charge in [-0.2, -0.15) is 0 Å². The van der Waals surface area contributed by atoms with Crippen LogP contribution in [0.25, 0.3) is 0 Å². The monoisotopic (exact) mass is 441 g/mol. The summed E-state index contributed by atoms with van der Waals surface area (Å²) >= 11 is 0. The van der Waals surface area contributed by atoms with Gasteiger partial charge in [-0.1, -0.05) is 18.2 Å². The highest BCUT2D eigenvalue weighted by Crippen LogP contribution is 2.39. The second-order valence-corrected chi connectivity index (χ2v) is 8.16. The van der Waals surface area contributed by atoms with Crippen LogP contribution in [0.5, 0.6) is 5.75 Å². The van der Waals surface area contributed by atoms with Crippen LogP contribution in [0.2, 0.25) is 0 Å². The quantitative estimate of drug-likeness (QED) is 0.616. The van der Waals surface area contributed by atoms with Crippen LogP contribution in [0, 0.1) is 5.82 Å². The number of nitrogens with zero attached hydrogens (tertiary/aromatic N) is 3. The fourth-order valence-electron chi connectivity index (χ4n) is 4.51. The second-order valence-electron chi connectivity index (χ2n) is 8.16. The Bertz CT molecular complexity index is 930. The molecule has 32 heavy (non-hydrogen) atoms. The van der Waals surface area contributed by atoms with E-state index in [1.807, 2.05) is 30.3 Å². The number of esters is 1. The van der Waals surface area contributed by atoms with E-state index < -0.39 is 11.5 Å².